The molecule has 1 amide bonds. The van der Waals surface area contributed by atoms with E-state index in [4.69, 9.17) is 25.5 Å². The molecule has 1 aliphatic heterocycles. The van der Waals surface area contributed by atoms with Gasteiger partial charge >= 0.3 is 0 Å². The van der Waals surface area contributed by atoms with Crippen LogP contribution in [0.5, 0.6) is 0 Å². The van der Waals surface area contributed by atoms with Crippen LogP contribution in [0.1, 0.15) is 41.2 Å². The number of imidazole rings is 1. The predicted molar refractivity (Wildman–Crippen MR) is 155 cm³/mol. The van der Waals surface area contributed by atoms with Crippen LogP contribution in [-0.2, 0) is 9.59 Å². The molecule has 1 unspecified atom stereocenters. The Labute approximate surface area is 244 Å². The van der Waals surface area contributed by atoms with Gasteiger partial charge in [0.1, 0.15) is 12.0 Å². The first-order chi connectivity index (χ1) is 20.3. The number of amides is 1. The molecule has 1 aliphatic rings. The molecule has 11 nitrogen and oxygen atoms in total. The number of aliphatic hydroxyl groups is 1. The minimum atomic E-state index is -0.674. The van der Waals surface area contributed by atoms with E-state index >= 15 is 0 Å². The van der Waals surface area contributed by atoms with Gasteiger partial charge in [-0.05, 0) is 61.7 Å². The van der Waals surface area contributed by atoms with Crippen molar-refractivity contribution in [2.45, 2.75) is 31.5 Å². The number of thiazole rings is 1. The Morgan fingerprint density at radius 3 is 2.50 bits per heavy atom. The Morgan fingerprint density at radius 1 is 1.17 bits per heavy atom. The van der Waals surface area contributed by atoms with Crippen molar-refractivity contribution in [3.63, 3.8) is 0 Å². The van der Waals surface area contributed by atoms with Crippen LogP contribution >= 0.6 is 11.3 Å². The zero-order valence-corrected chi connectivity index (χ0v) is 23.5. The van der Waals surface area contributed by atoms with E-state index in [0.717, 1.165) is 36.3 Å². The molecule has 6 N–H and O–H groups in total. The Balaban J connectivity index is 0.000000745. The number of hydrogen-bond donors (Lipinski definition) is 5. The number of carbonyl (C=O) groups is 3. The maximum absolute atomic E-state index is 14.7. The van der Waals surface area contributed by atoms with E-state index in [1.807, 2.05) is 16.5 Å². The van der Waals surface area contributed by atoms with Crippen molar-refractivity contribution in [3.05, 3.63) is 59.5 Å². The summed E-state index contributed by atoms with van der Waals surface area (Å²) >= 11 is 1.43. The summed E-state index contributed by atoms with van der Waals surface area (Å²) in [6.45, 7) is 2.23. The number of alkyl halides is 1. The number of nitrogens with zero attached hydrogens (tertiary/aromatic N) is 3. The minimum absolute atomic E-state index is 0.130. The summed E-state index contributed by atoms with van der Waals surface area (Å²) in [6.07, 6.45) is 3.12. The van der Waals surface area contributed by atoms with Crippen molar-refractivity contribution in [2.24, 2.45) is 5.73 Å². The second-order valence-electron chi connectivity index (χ2n) is 9.43. The largest absolute Gasteiger partial charge is 0.483 e. The topological polar surface area (TPSA) is 170 Å². The first kappa shape index (κ1) is 32.5. The third kappa shape index (κ3) is 8.28. The van der Waals surface area contributed by atoms with E-state index in [-0.39, 0.29) is 25.5 Å². The molecule has 2 aromatic heterocycles. The molecule has 1 saturated heterocycles. The van der Waals surface area contributed by atoms with E-state index in [1.165, 1.54) is 17.4 Å². The molecule has 5 rings (SSSR count). The summed E-state index contributed by atoms with van der Waals surface area (Å²) in [5, 5.41) is 25.9. The maximum atomic E-state index is 14.7. The third-order valence-corrected chi connectivity index (χ3v) is 7.72. The van der Waals surface area contributed by atoms with Gasteiger partial charge in [0.25, 0.3) is 18.9 Å². The Hall–Kier alpha value is -3.98. The number of nitrogens with one attached hydrogen (secondary N) is 1. The summed E-state index contributed by atoms with van der Waals surface area (Å²) < 4.78 is 30.8. The van der Waals surface area contributed by atoms with E-state index in [9.17, 15) is 18.7 Å². The van der Waals surface area contributed by atoms with Crippen molar-refractivity contribution in [1.82, 2.24) is 19.6 Å². The van der Waals surface area contributed by atoms with Crippen LogP contribution in [0.15, 0.2) is 42.6 Å². The van der Waals surface area contributed by atoms with Crippen molar-refractivity contribution in [1.29, 1.82) is 0 Å². The van der Waals surface area contributed by atoms with Gasteiger partial charge in [-0.2, -0.15) is 0 Å². The van der Waals surface area contributed by atoms with Crippen molar-refractivity contribution < 1.29 is 38.5 Å². The number of rotatable bonds is 8. The van der Waals surface area contributed by atoms with Crippen LogP contribution in [0.4, 0.5) is 8.78 Å². The average molecular weight is 606 g/mol. The summed E-state index contributed by atoms with van der Waals surface area (Å²) in [7, 11) is 0. The smallest absolute Gasteiger partial charge is 0.290 e. The van der Waals surface area contributed by atoms with Crippen LogP contribution in [0.25, 0.3) is 26.4 Å². The first-order valence-corrected chi connectivity index (χ1v) is 14.0. The van der Waals surface area contributed by atoms with Crippen molar-refractivity contribution >= 4 is 45.4 Å². The number of carbonyl (C=O) groups excluding carboxylic acids is 1. The second kappa shape index (κ2) is 15.9. The first-order valence-electron chi connectivity index (χ1n) is 13.1. The highest BCUT2D eigenvalue weighted by Crippen LogP contribution is 2.31. The average Bonchev–Trinajstić information content (AvgIpc) is 3.54. The molecule has 1 atom stereocenters. The number of piperidine rings is 1. The SMILES string of the molecule is NC(CO)c1ccc(-c2cn3c(n2)sc2cc(C(=O)NCCCN4CCC(F)CC4)ccc23)c(F)c1.O=CO.O=CO. The van der Waals surface area contributed by atoms with Gasteiger partial charge in [0.2, 0.25) is 0 Å². The third-order valence-electron chi connectivity index (χ3n) is 6.70. The fraction of sp³-hybridized carbons (Fsp3) is 0.357. The van der Waals surface area contributed by atoms with Gasteiger partial charge in [-0.1, -0.05) is 17.4 Å². The number of aromatic nitrogens is 2. The van der Waals surface area contributed by atoms with Crippen LogP contribution in [0, 0.1) is 5.82 Å². The van der Waals surface area contributed by atoms with E-state index in [2.05, 4.69) is 15.2 Å². The van der Waals surface area contributed by atoms with Gasteiger partial charge in [-0.25, -0.2) is 13.8 Å². The fourth-order valence-corrected chi connectivity index (χ4v) is 5.63. The summed E-state index contributed by atoms with van der Waals surface area (Å²) in [6, 6.07) is 9.53. The lowest BCUT2D eigenvalue weighted by Gasteiger charge is -2.28. The van der Waals surface area contributed by atoms with Crippen LogP contribution in [-0.4, -0.2) is 87.4 Å². The molecule has 0 spiro atoms. The van der Waals surface area contributed by atoms with Gasteiger partial charge in [-0.3, -0.25) is 18.8 Å². The van der Waals surface area contributed by atoms with Crippen molar-refractivity contribution in [3.8, 4) is 11.3 Å². The number of carboxylic acid groups (broad SMARTS) is 2. The number of likely N-dealkylation sites (tertiary alicyclic amines) is 1. The fourth-order valence-electron chi connectivity index (χ4n) is 4.58. The molecule has 3 heterocycles. The normalized spacial score (nSPS) is 14.4. The molecular weight excluding hydrogens is 572 g/mol. The molecule has 1 fully saturated rings. The Kier molecular flexibility index (Phi) is 12.3. The molecular formula is C28H33F2N5O6S. The summed E-state index contributed by atoms with van der Waals surface area (Å²) in [4.78, 5) is 36.9. The predicted octanol–water partition coefficient (Wildman–Crippen LogP) is 3.30. The second-order valence-corrected chi connectivity index (χ2v) is 10.4. The number of hydrogen-bond acceptors (Lipinski definition) is 8. The molecule has 42 heavy (non-hydrogen) atoms. The lowest BCUT2D eigenvalue weighted by molar-refractivity contribution is -0.123. The molecule has 0 bridgehead atoms. The summed E-state index contributed by atoms with van der Waals surface area (Å²) in [5.74, 6) is -0.577. The molecule has 2 aromatic carbocycles. The number of nitrogens with two attached hydrogens (primary N) is 1. The molecule has 226 valence electrons. The van der Waals surface area contributed by atoms with Gasteiger partial charge in [0, 0.05) is 37.0 Å². The number of benzene rings is 2. The Bertz CT molecular complexity index is 1480. The van der Waals surface area contributed by atoms with Gasteiger partial charge in [0.05, 0.1) is 28.6 Å². The highest BCUT2D eigenvalue weighted by atomic mass is 32.1. The highest BCUT2D eigenvalue weighted by molar-refractivity contribution is 7.23. The maximum Gasteiger partial charge on any atom is 0.290 e. The van der Waals surface area contributed by atoms with E-state index < -0.39 is 18.0 Å². The minimum Gasteiger partial charge on any atom is -0.483 e. The van der Waals surface area contributed by atoms with Gasteiger partial charge < -0.3 is 31.3 Å². The molecule has 0 saturated carbocycles. The van der Waals surface area contributed by atoms with Gasteiger partial charge in [-0.15, -0.1) is 0 Å². The zero-order valence-electron chi connectivity index (χ0n) is 22.7. The van der Waals surface area contributed by atoms with Crippen LogP contribution < -0.4 is 11.1 Å². The highest BCUT2D eigenvalue weighted by Gasteiger charge is 2.18. The zero-order chi connectivity index (χ0) is 30.6. The van der Waals surface area contributed by atoms with Crippen molar-refractivity contribution in [2.75, 3.05) is 32.8 Å². The molecule has 0 aliphatic carbocycles. The van der Waals surface area contributed by atoms with Crippen LogP contribution in [0.2, 0.25) is 0 Å². The number of fused-ring (bicyclic) bond motifs is 3. The lowest BCUT2D eigenvalue weighted by Crippen LogP contribution is -2.36. The molecule has 0 radical (unpaired) electrons. The summed E-state index contributed by atoms with van der Waals surface area (Å²) in [5.41, 5.74) is 8.64. The van der Waals surface area contributed by atoms with E-state index in [1.54, 1.807) is 24.4 Å². The standard InChI is InChI=1S/C26H29F2N5O2S.2CH2O2/c27-18-6-10-32(11-7-18)9-1-8-30-25(35)17-3-5-23-24(13-17)36-26-31-22(14-33(23)26)19-4-2-16(12-20(19)28)21(29)15-34;2*2-1-3/h2-5,12-14,18,21,34H,1,6-11,15,29H2,(H,30,35);2*1H,(H,2,3). The quantitative estimate of drug-likeness (QED) is 0.149. The monoisotopic (exact) mass is 605 g/mol. The van der Waals surface area contributed by atoms with Crippen LogP contribution in [0.3, 0.4) is 0 Å². The van der Waals surface area contributed by atoms with Gasteiger partial charge in [0.15, 0.2) is 4.96 Å². The number of aliphatic hydroxyl groups excluding tert-OH is 1. The molecule has 14 heteroatoms. The lowest BCUT2D eigenvalue weighted by atomic mass is 10.0. The Morgan fingerprint density at radius 2 is 1.86 bits per heavy atom. The van der Waals surface area contributed by atoms with E-state index in [0.29, 0.717) is 46.7 Å². The number of halogens is 2. The molecule has 4 aromatic rings.